The number of carboxylic acid groups (broad SMARTS) is 1. The van der Waals surface area contributed by atoms with Gasteiger partial charge in [-0.1, -0.05) is 42.0 Å². The summed E-state index contributed by atoms with van der Waals surface area (Å²) in [6.07, 6.45) is 1.82. The second kappa shape index (κ2) is 9.75. The molecule has 4 rings (SSSR count). The largest absolute Gasteiger partial charge is 0.489 e. The lowest BCUT2D eigenvalue weighted by Gasteiger charge is -2.07. The van der Waals surface area contributed by atoms with Crippen molar-refractivity contribution in [2.24, 2.45) is 4.99 Å². The molecule has 1 aliphatic rings. The first-order chi connectivity index (χ1) is 15.9. The predicted molar refractivity (Wildman–Crippen MR) is 131 cm³/mol. The van der Waals surface area contributed by atoms with Crippen molar-refractivity contribution in [2.45, 2.75) is 13.5 Å². The van der Waals surface area contributed by atoms with Crippen molar-refractivity contribution in [2.75, 3.05) is 7.05 Å². The molecule has 166 valence electrons. The molecule has 0 spiro atoms. The van der Waals surface area contributed by atoms with E-state index in [9.17, 15) is 9.59 Å². The molecule has 3 aromatic carbocycles. The number of aromatic carboxylic acids is 1. The van der Waals surface area contributed by atoms with E-state index in [0.29, 0.717) is 22.4 Å². The Morgan fingerprint density at radius 1 is 1.09 bits per heavy atom. The molecule has 1 aliphatic heterocycles. The van der Waals surface area contributed by atoms with Gasteiger partial charge in [0.15, 0.2) is 5.17 Å². The Hall–Kier alpha value is -3.84. The van der Waals surface area contributed by atoms with E-state index in [4.69, 9.17) is 9.84 Å². The van der Waals surface area contributed by atoms with Gasteiger partial charge in [0, 0.05) is 7.05 Å². The van der Waals surface area contributed by atoms with E-state index in [1.807, 2.05) is 42.5 Å². The summed E-state index contributed by atoms with van der Waals surface area (Å²) in [6, 6.07) is 22.0. The summed E-state index contributed by atoms with van der Waals surface area (Å²) < 4.78 is 5.86. The number of amidine groups is 1. The van der Waals surface area contributed by atoms with Gasteiger partial charge in [-0.15, -0.1) is 0 Å². The van der Waals surface area contributed by atoms with Crippen molar-refractivity contribution in [3.05, 3.63) is 100.0 Å². The molecule has 0 bridgehead atoms. The van der Waals surface area contributed by atoms with E-state index < -0.39 is 5.97 Å². The number of ether oxygens (including phenoxy) is 1. The van der Waals surface area contributed by atoms with Crippen molar-refractivity contribution in [1.82, 2.24) is 4.90 Å². The lowest BCUT2D eigenvalue weighted by atomic mass is 10.1. The lowest BCUT2D eigenvalue weighted by Crippen LogP contribution is -2.23. The molecular formula is C26H22N2O4S. The number of benzene rings is 3. The quantitative estimate of drug-likeness (QED) is 0.493. The third kappa shape index (κ3) is 5.51. The molecule has 0 saturated carbocycles. The van der Waals surface area contributed by atoms with E-state index in [0.717, 1.165) is 16.9 Å². The monoisotopic (exact) mass is 458 g/mol. The fraction of sp³-hybridized carbons (Fsp3) is 0.115. The van der Waals surface area contributed by atoms with Gasteiger partial charge in [0.05, 0.1) is 16.2 Å². The maximum Gasteiger partial charge on any atom is 0.335 e. The summed E-state index contributed by atoms with van der Waals surface area (Å²) in [4.78, 5) is 30.2. The number of rotatable bonds is 6. The van der Waals surface area contributed by atoms with E-state index in [2.05, 4.69) is 24.0 Å². The van der Waals surface area contributed by atoms with Crippen LogP contribution in [-0.4, -0.2) is 34.1 Å². The molecule has 33 heavy (non-hydrogen) atoms. The van der Waals surface area contributed by atoms with Crippen LogP contribution in [-0.2, 0) is 11.4 Å². The third-order valence-corrected chi connectivity index (χ3v) is 6.07. The van der Waals surface area contributed by atoms with Crippen molar-refractivity contribution in [1.29, 1.82) is 0 Å². The van der Waals surface area contributed by atoms with E-state index >= 15 is 0 Å². The maximum atomic E-state index is 12.7. The molecule has 1 amide bonds. The van der Waals surface area contributed by atoms with Crippen LogP contribution in [0.2, 0.25) is 0 Å². The second-order valence-electron chi connectivity index (χ2n) is 7.57. The average Bonchev–Trinajstić information content (AvgIpc) is 3.07. The summed E-state index contributed by atoms with van der Waals surface area (Å²) in [5.41, 5.74) is 3.96. The standard InChI is InChI=1S/C26H22N2O4S/c1-17-4-3-5-19(14-17)16-32-22-12-6-18(7-13-22)15-23-24(29)28(2)26(33-23)27-21-10-8-20(9-11-21)25(30)31/h3-15H,16H2,1-2H3,(H,30,31)/b23-15-,27-26?. The second-order valence-corrected chi connectivity index (χ2v) is 8.58. The molecule has 1 N–H and O–H groups in total. The minimum atomic E-state index is -0.992. The number of aliphatic imine (C=N–C) groups is 1. The molecule has 1 heterocycles. The van der Waals surface area contributed by atoms with Gasteiger partial charge in [0.2, 0.25) is 0 Å². The molecule has 0 aliphatic carbocycles. The minimum Gasteiger partial charge on any atom is -0.489 e. The van der Waals surface area contributed by atoms with Gasteiger partial charge >= 0.3 is 5.97 Å². The number of thioether (sulfide) groups is 1. The maximum absolute atomic E-state index is 12.7. The summed E-state index contributed by atoms with van der Waals surface area (Å²) in [7, 11) is 1.67. The number of hydrogen-bond donors (Lipinski definition) is 1. The van der Waals surface area contributed by atoms with Gasteiger partial charge in [-0.25, -0.2) is 9.79 Å². The number of carboxylic acids is 1. The van der Waals surface area contributed by atoms with Crippen LogP contribution in [0.3, 0.4) is 0 Å². The number of amides is 1. The van der Waals surface area contributed by atoms with Crippen LogP contribution in [0.15, 0.2) is 82.7 Å². The van der Waals surface area contributed by atoms with Gasteiger partial charge in [-0.2, -0.15) is 0 Å². The Morgan fingerprint density at radius 3 is 2.48 bits per heavy atom. The van der Waals surface area contributed by atoms with Crippen LogP contribution >= 0.6 is 11.8 Å². The molecule has 7 heteroatoms. The smallest absolute Gasteiger partial charge is 0.335 e. The normalized spacial score (nSPS) is 15.9. The third-order valence-electron chi connectivity index (χ3n) is 5.01. The first-order valence-corrected chi connectivity index (χ1v) is 11.1. The number of aryl methyl sites for hydroxylation is 1. The van der Waals surface area contributed by atoms with Crippen molar-refractivity contribution in [3.63, 3.8) is 0 Å². The van der Waals surface area contributed by atoms with Gasteiger partial charge in [-0.05, 0) is 72.3 Å². The number of hydrogen-bond acceptors (Lipinski definition) is 5. The van der Waals surface area contributed by atoms with Crippen molar-refractivity contribution < 1.29 is 19.4 Å². The lowest BCUT2D eigenvalue weighted by molar-refractivity contribution is -0.121. The Morgan fingerprint density at radius 2 is 1.82 bits per heavy atom. The Balaban J connectivity index is 1.44. The summed E-state index contributed by atoms with van der Waals surface area (Å²) in [5.74, 6) is -0.373. The van der Waals surface area contributed by atoms with Gasteiger partial charge in [0.1, 0.15) is 12.4 Å². The Bertz CT molecular complexity index is 1250. The number of carbonyl (C=O) groups is 2. The van der Waals surface area contributed by atoms with Crippen molar-refractivity contribution in [3.8, 4) is 5.75 Å². The molecule has 0 aromatic heterocycles. The zero-order valence-corrected chi connectivity index (χ0v) is 19.0. The molecule has 1 saturated heterocycles. The first kappa shape index (κ1) is 22.4. The summed E-state index contributed by atoms with van der Waals surface area (Å²) in [6.45, 7) is 2.55. The highest BCUT2D eigenvalue weighted by atomic mass is 32.2. The van der Waals surface area contributed by atoms with E-state index in [1.54, 1.807) is 19.2 Å². The highest BCUT2D eigenvalue weighted by Crippen LogP contribution is 2.33. The van der Waals surface area contributed by atoms with Crippen molar-refractivity contribution >= 4 is 40.6 Å². The SMILES string of the molecule is Cc1cccc(COc2ccc(/C=C3\SC(=Nc4ccc(C(=O)O)cc4)N(C)C3=O)cc2)c1. The Kier molecular flexibility index (Phi) is 6.60. The predicted octanol–water partition coefficient (Wildman–Crippen LogP) is 5.51. The highest BCUT2D eigenvalue weighted by Gasteiger charge is 2.30. The Labute approximate surface area is 196 Å². The minimum absolute atomic E-state index is 0.138. The average molecular weight is 459 g/mol. The molecular weight excluding hydrogens is 436 g/mol. The molecule has 1 fully saturated rings. The number of carbonyl (C=O) groups excluding carboxylic acids is 1. The van der Waals surface area contributed by atoms with Crippen LogP contribution in [0.5, 0.6) is 5.75 Å². The molecule has 0 unspecified atom stereocenters. The van der Waals surface area contributed by atoms with E-state index in [1.165, 1.54) is 34.4 Å². The van der Waals surface area contributed by atoms with Crippen LogP contribution < -0.4 is 4.74 Å². The van der Waals surface area contributed by atoms with Gasteiger partial charge in [0.25, 0.3) is 5.91 Å². The summed E-state index contributed by atoms with van der Waals surface area (Å²) in [5, 5.41) is 9.55. The van der Waals surface area contributed by atoms with Gasteiger partial charge in [-0.3, -0.25) is 9.69 Å². The fourth-order valence-corrected chi connectivity index (χ4v) is 4.21. The molecule has 0 radical (unpaired) electrons. The fourth-order valence-electron chi connectivity index (χ4n) is 3.22. The molecule has 3 aromatic rings. The zero-order valence-electron chi connectivity index (χ0n) is 18.2. The number of likely N-dealkylation sites (N-methyl/N-ethyl adjacent to an activating group) is 1. The molecule has 0 atom stereocenters. The van der Waals surface area contributed by atoms with Gasteiger partial charge < -0.3 is 9.84 Å². The molecule has 6 nitrogen and oxygen atoms in total. The summed E-state index contributed by atoms with van der Waals surface area (Å²) >= 11 is 1.28. The van der Waals surface area contributed by atoms with Crippen LogP contribution in [0, 0.1) is 6.92 Å². The van der Waals surface area contributed by atoms with Crippen LogP contribution in [0.4, 0.5) is 5.69 Å². The van der Waals surface area contributed by atoms with Crippen LogP contribution in [0.1, 0.15) is 27.0 Å². The van der Waals surface area contributed by atoms with Crippen LogP contribution in [0.25, 0.3) is 6.08 Å². The highest BCUT2D eigenvalue weighted by molar-refractivity contribution is 8.18. The first-order valence-electron chi connectivity index (χ1n) is 10.3. The zero-order chi connectivity index (χ0) is 23.4. The topological polar surface area (TPSA) is 79.2 Å². The number of nitrogens with zero attached hydrogens (tertiary/aromatic N) is 2. The van der Waals surface area contributed by atoms with E-state index in [-0.39, 0.29) is 11.5 Å².